The van der Waals surface area contributed by atoms with E-state index in [1.807, 2.05) is 42.6 Å². The van der Waals surface area contributed by atoms with Crippen molar-refractivity contribution in [2.75, 3.05) is 0 Å². The third-order valence-corrected chi connectivity index (χ3v) is 16.6. The fourth-order valence-corrected chi connectivity index (χ4v) is 11.5. The van der Waals surface area contributed by atoms with Crippen molar-refractivity contribution in [3.05, 3.63) is 127 Å². The molecule has 0 fully saturated rings. The third-order valence-electron chi connectivity index (χ3n) is 8.77. The molecule has 1 aliphatic heterocycles. The number of rotatable bonds is 3. The first-order chi connectivity index (χ1) is 22.8. The number of pyridine rings is 2. The van der Waals surface area contributed by atoms with Crippen LogP contribution in [0.15, 0.2) is 114 Å². The summed E-state index contributed by atoms with van der Waals surface area (Å²) < 4.78 is 31.0. The third kappa shape index (κ3) is 5.86. The quantitative estimate of drug-likeness (QED) is 0.132. The van der Waals surface area contributed by atoms with E-state index in [0.29, 0.717) is 16.8 Å². The van der Waals surface area contributed by atoms with Gasteiger partial charge in [-0.3, -0.25) is 0 Å². The molecule has 231 valence electrons. The van der Waals surface area contributed by atoms with E-state index in [4.69, 9.17) is 8.53 Å². The van der Waals surface area contributed by atoms with Gasteiger partial charge in [-0.15, -0.1) is 18.2 Å². The Morgan fingerprint density at radius 3 is 2.33 bits per heavy atom. The SMILES string of the molecule is [2H]C([2H])([2H])c1ccnc(-c2[c-]ccc3c2oc2cc4c(cc23)-c2ccccc2[Si]4(C)C)c1.[CH3][Ge]([CH3])([CH3])[c]1ccc(-c2[c-]cccc2)nc1.[Ir]. The summed E-state index contributed by atoms with van der Waals surface area (Å²) in [4.78, 5) is 8.96. The van der Waals surface area contributed by atoms with Gasteiger partial charge in [0.2, 0.25) is 0 Å². The summed E-state index contributed by atoms with van der Waals surface area (Å²) in [7, 11) is -1.80. The van der Waals surface area contributed by atoms with E-state index in [-0.39, 0.29) is 25.7 Å². The molecule has 0 amide bonds. The van der Waals surface area contributed by atoms with Gasteiger partial charge in [-0.05, 0) is 52.2 Å². The Hall–Kier alpha value is -3.61. The van der Waals surface area contributed by atoms with Crippen molar-refractivity contribution >= 4 is 58.0 Å². The van der Waals surface area contributed by atoms with Crippen molar-refractivity contribution < 1.29 is 28.6 Å². The molecule has 6 heteroatoms. The molecule has 0 spiro atoms. The number of hydrogen-bond donors (Lipinski definition) is 0. The molecular formula is C40H36GeIrN2OSi-2. The number of nitrogens with zero attached hydrogens (tertiary/aromatic N) is 2. The Balaban J connectivity index is 0.000000208. The van der Waals surface area contributed by atoms with Crippen LogP contribution in [0.3, 0.4) is 0 Å². The van der Waals surface area contributed by atoms with Crippen LogP contribution in [0.2, 0.25) is 30.4 Å². The Labute approximate surface area is 293 Å². The summed E-state index contributed by atoms with van der Waals surface area (Å²) in [6.45, 7) is 2.58. The minimum Gasteiger partial charge on any atom is 0 e. The van der Waals surface area contributed by atoms with E-state index in [2.05, 4.69) is 101 Å². The zero-order valence-corrected chi connectivity index (χ0v) is 32.0. The zero-order valence-electron chi connectivity index (χ0n) is 29.5. The summed E-state index contributed by atoms with van der Waals surface area (Å²) in [6.07, 6.45) is 3.57. The molecule has 0 atom stereocenters. The van der Waals surface area contributed by atoms with Crippen LogP contribution in [0.1, 0.15) is 9.68 Å². The molecule has 8 rings (SSSR count). The van der Waals surface area contributed by atoms with Crippen LogP contribution in [0.25, 0.3) is 55.6 Å². The minimum atomic E-state index is -2.19. The maximum Gasteiger partial charge on any atom is 0 e. The fourth-order valence-electron chi connectivity index (χ4n) is 6.24. The molecule has 1 aliphatic rings. The van der Waals surface area contributed by atoms with E-state index in [1.54, 1.807) is 6.07 Å². The average molecular weight is 857 g/mol. The number of hydrogen-bond acceptors (Lipinski definition) is 3. The Morgan fingerprint density at radius 2 is 1.59 bits per heavy atom. The number of fused-ring (bicyclic) bond motifs is 6. The predicted molar refractivity (Wildman–Crippen MR) is 194 cm³/mol. The summed E-state index contributed by atoms with van der Waals surface area (Å²) in [5, 5.41) is 4.90. The van der Waals surface area contributed by atoms with Crippen LogP contribution in [-0.4, -0.2) is 31.3 Å². The van der Waals surface area contributed by atoms with Crippen LogP contribution in [-0.2, 0) is 20.1 Å². The fraction of sp³-hybridized carbons (Fsp3) is 0.150. The van der Waals surface area contributed by atoms with Gasteiger partial charge in [0, 0.05) is 35.8 Å². The molecule has 3 aromatic heterocycles. The van der Waals surface area contributed by atoms with Gasteiger partial charge in [-0.25, -0.2) is 0 Å². The van der Waals surface area contributed by atoms with Gasteiger partial charge < -0.3 is 9.40 Å². The van der Waals surface area contributed by atoms with Crippen LogP contribution >= 0.6 is 0 Å². The summed E-state index contributed by atoms with van der Waals surface area (Å²) in [6, 6.07) is 38.9. The number of benzene rings is 4. The molecule has 0 N–H and O–H groups in total. The van der Waals surface area contributed by atoms with Crippen LogP contribution < -0.4 is 14.8 Å². The van der Waals surface area contributed by atoms with Crippen LogP contribution in [0, 0.1) is 19.0 Å². The molecule has 0 saturated carbocycles. The number of furan rings is 1. The average Bonchev–Trinajstić information content (AvgIpc) is 3.55. The van der Waals surface area contributed by atoms with E-state index < -0.39 is 28.2 Å². The van der Waals surface area contributed by atoms with Crippen LogP contribution in [0.4, 0.5) is 0 Å². The molecule has 4 aromatic carbocycles. The first-order valence-electron chi connectivity index (χ1n) is 16.7. The first-order valence-corrected chi connectivity index (χ1v) is 25.6. The van der Waals surface area contributed by atoms with Crippen molar-refractivity contribution in [3.8, 4) is 33.6 Å². The Bertz CT molecular complexity index is 2300. The summed E-state index contributed by atoms with van der Waals surface area (Å²) >= 11 is -1.72. The summed E-state index contributed by atoms with van der Waals surface area (Å²) in [5.74, 6) is 7.14. The second kappa shape index (κ2) is 12.5. The van der Waals surface area contributed by atoms with E-state index in [0.717, 1.165) is 27.6 Å². The monoisotopic (exact) mass is 858 g/mol. The molecule has 0 unspecified atom stereocenters. The molecule has 0 bridgehead atoms. The summed E-state index contributed by atoms with van der Waals surface area (Å²) in [5.41, 5.74) is 7.72. The van der Waals surface area contributed by atoms with Crippen molar-refractivity contribution in [1.29, 1.82) is 0 Å². The van der Waals surface area contributed by atoms with Crippen LogP contribution in [0.5, 0.6) is 0 Å². The maximum absolute atomic E-state index is 7.73. The molecule has 1 radical (unpaired) electrons. The van der Waals surface area contributed by atoms with Crippen molar-refractivity contribution in [3.63, 3.8) is 0 Å². The molecule has 3 nitrogen and oxygen atoms in total. The van der Waals surface area contributed by atoms with Gasteiger partial charge in [0.05, 0.1) is 5.58 Å². The van der Waals surface area contributed by atoms with Gasteiger partial charge in [0.1, 0.15) is 13.7 Å². The predicted octanol–water partition coefficient (Wildman–Crippen LogP) is 8.65. The van der Waals surface area contributed by atoms with Gasteiger partial charge in [0.15, 0.2) is 0 Å². The molecule has 46 heavy (non-hydrogen) atoms. The molecular weight excluding hydrogens is 817 g/mol. The zero-order chi connectivity index (χ0) is 33.8. The minimum absolute atomic E-state index is 0. The van der Waals surface area contributed by atoms with E-state index >= 15 is 0 Å². The van der Waals surface area contributed by atoms with Gasteiger partial charge >= 0.3 is 99.8 Å². The van der Waals surface area contributed by atoms with E-state index in [9.17, 15) is 0 Å². The molecule has 0 aliphatic carbocycles. The number of aromatic nitrogens is 2. The molecule has 7 aromatic rings. The topological polar surface area (TPSA) is 38.9 Å². The normalized spacial score (nSPS) is 14.2. The first kappa shape index (κ1) is 28.6. The Kier molecular flexibility index (Phi) is 7.79. The van der Waals surface area contributed by atoms with Crippen molar-refractivity contribution in [1.82, 2.24) is 9.97 Å². The van der Waals surface area contributed by atoms with Gasteiger partial charge in [-0.2, -0.15) is 0 Å². The maximum atomic E-state index is 7.73. The standard InChI is InChI=1S/C26H20NOSi.C14H16GeN.Ir/c1-16-11-12-27-22(13-16)19-9-6-8-18-20-14-21-17-7-4-5-10-24(17)29(2,3)25(21)15-23(20)28-26(18)19;1-15(2,3)13-9-10-14(16-11-13)12-7-5-4-6-8-12;/h4-8,10-15H,1-3H3;4-7,9-11H,1-3H3;/q2*-1;/i1D3;;. The number of aryl methyl sites for hydroxylation is 1. The van der Waals surface area contributed by atoms with Crippen molar-refractivity contribution in [2.45, 2.75) is 37.2 Å². The van der Waals surface area contributed by atoms with Gasteiger partial charge in [-0.1, -0.05) is 59.9 Å². The van der Waals surface area contributed by atoms with Crippen molar-refractivity contribution in [2.24, 2.45) is 0 Å². The molecule has 0 saturated heterocycles. The smallest absolute Gasteiger partial charge is 0 e. The second-order valence-electron chi connectivity index (χ2n) is 13.2. The Morgan fingerprint density at radius 1 is 0.761 bits per heavy atom. The second-order valence-corrected chi connectivity index (χ2v) is 28.1. The largest absolute Gasteiger partial charge is 0 e. The molecule has 4 heterocycles. The van der Waals surface area contributed by atoms with E-state index in [1.165, 1.54) is 38.2 Å². The van der Waals surface area contributed by atoms with Gasteiger partial charge in [0.25, 0.3) is 0 Å².